The summed E-state index contributed by atoms with van der Waals surface area (Å²) in [5.41, 5.74) is 5.01. The molecule has 0 saturated carbocycles. The molecule has 0 aromatic heterocycles. The van der Waals surface area contributed by atoms with Gasteiger partial charge in [0.25, 0.3) is 0 Å². The maximum Gasteiger partial charge on any atom is 0.341 e. The minimum absolute atomic E-state index is 0.336. The molecule has 0 saturated heterocycles. The van der Waals surface area contributed by atoms with E-state index in [4.69, 9.17) is 4.74 Å². The molecule has 132 valence electrons. The molecule has 1 N–H and O–H groups in total. The molecule has 0 bridgehead atoms. The van der Waals surface area contributed by atoms with Gasteiger partial charge in [0.2, 0.25) is 0 Å². The fourth-order valence-electron chi connectivity index (χ4n) is 2.72. The van der Waals surface area contributed by atoms with Gasteiger partial charge in [0.05, 0.1) is 12.2 Å². The highest BCUT2D eigenvalue weighted by molar-refractivity contribution is 5.88. The highest BCUT2D eigenvalue weighted by Gasteiger charge is 2.13. The Labute approximate surface area is 149 Å². The van der Waals surface area contributed by atoms with Crippen LogP contribution in [-0.2, 0) is 9.53 Å². The van der Waals surface area contributed by atoms with Gasteiger partial charge in [0.1, 0.15) is 6.10 Å². The summed E-state index contributed by atoms with van der Waals surface area (Å²) >= 11 is 0. The van der Waals surface area contributed by atoms with E-state index in [1.54, 1.807) is 13.8 Å². The Morgan fingerprint density at radius 1 is 1.16 bits per heavy atom. The number of carbonyl (C=O) groups excluding carboxylic acids is 1. The molecular formula is C22H26O3. The van der Waals surface area contributed by atoms with Gasteiger partial charge in [0.15, 0.2) is 0 Å². The number of unbranched alkanes of at least 4 members (excludes halogenated alkanes) is 1. The lowest BCUT2D eigenvalue weighted by Crippen LogP contribution is -2.08. The minimum atomic E-state index is -0.796. The Morgan fingerprint density at radius 2 is 1.88 bits per heavy atom. The SMILES string of the molecule is CCCCC(=C=C(C)[C@@H](O)c1ccc2ccccc2c1)C(=O)OCC. The molecule has 2 aromatic rings. The maximum absolute atomic E-state index is 12.1. The molecule has 1 atom stereocenters. The molecule has 0 fully saturated rings. The van der Waals surface area contributed by atoms with Crippen molar-refractivity contribution >= 4 is 16.7 Å². The first-order valence-electron chi connectivity index (χ1n) is 8.87. The Bertz CT molecular complexity index is 798. The van der Waals surface area contributed by atoms with Gasteiger partial charge in [-0.1, -0.05) is 49.7 Å². The van der Waals surface area contributed by atoms with Gasteiger partial charge in [-0.3, -0.25) is 0 Å². The van der Waals surface area contributed by atoms with E-state index in [1.807, 2.05) is 42.5 Å². The van der Waals surface area contributed by atoms with Crippen molar-refractivity contribution in [3.63, 3.8) is 0 Å². The summed E-state index contributed by atoms with van der Waals surface area (Å²) in [6, 6.07) is 13.9. The van der Waals surface area contributed by atoms with Gasteiger partial charge >= 0.3 is 5.97 Å². The quantitative estimate of drug-likeness (QED) is 0.434. The molecule has 0 amide bonds. The summed E-state index contributed by atoms with van der Waals surface area (Å²) in [5.74, 6) is -0.346. The van der Waals surface area contributed by atoms with Crippen LogP contribution in [0.5, 0.6) is 0 Å². The third kappa shape index (κ3) is 5.06. The average Bonchev–Trinajstić information content (AvgIpc) is 2.64. The van der Waals surface area contributed by atoms with Crippen LogP contribution in [0, 0.1) is 0 Å². The zero-order valence-electron chi connectivity index (χ0n) is 15.2. The van der Waals surface area contributed by atoms with E-state index in [0.29, 0.717) is 24.2 Å². The van der Waals surface area contributed by atoms with Crippen LogP contribution in [-0.4, -0.2) is 17.7 Å². The van der Waals surface area contributed by atoms with Crippen molar-refractivity contribution < 1.29 is 14.6 Å². The number of aliphatic hydroxyl groups excluding tert-OH is 1. The van der Waals surface area contributed by atoms with E-state index < -0.39 is 6.10 Å². The monoisotopic (exact) mass is 338 g/mol. The number of esters is 1. The van der Waals surface area contributed by atoms with Gasteiger partial charge < -0.3 is 9.84 Å². The van der Waals surface area contributed by atoms with Crippen molar-refractivity contribution in [2.24, 2.45) is 0 Å². The second-order valence-corrected chi connectivity index (χ2v) is 6.12. The zero-order chi connectivity index (χ0) is 18.2. The van der Waals surface area contributed by atoms with Crippen molar-refractivity contribution in [1.82, 2.24) is 0 Å². The molecule has 0 aliphatic heterocycles. The maximum atomic E-state index is 12.1. The standard InChI is InChI=1S/C22H26O3/c1-4-6-9-20(22(24)25-5-2)14-16(3)21(23)19-13-12-17-10-7-8-11-18(17)15-19/h7-8,10-13,15,21,23H,4-6,9H2,1-3H3/t14?,21-/m1/s1. The van der Waals surface area contributed by atoms with E-state index in [-0.39, 0.29) is 5.97 Å². The number of benzene rings is 2. The molecule has 0 radical (unpaired) electrons. The number of fused-ring (bicyclic) bond motifs is 1. The minimum Gasteiger partial charge on any atom is -0.462 e. The Balaban J connectivity index is 2.36. The third-order valence-electron chi connectivity index (χ3n) is 4.15. The number of hydrogen-bond donors (Lipinski definition) is 1. The summed E-state index contributed by atoms with van der Waals surface area (Å²) in [4.78, 5) is 12.1. The number of aliphatic hydroxyl groups is 1. The molecule has 0 heterocycles. The molecule has 0 unspecified atom stereocenters. The van der Waals surface area contributed by atoms with Gasteiger partial charge in [0, 0.05) is 5.57 Å². The lowest BCUT2D eigenvalue weighted by atomic mass is 9.98. The van der Waals surface area contributed by atoms with Crippen LogP contribution >= 0.6 is 0 Å². The van der Waals surface area contributed by atoms with Gasteiger partial charge in [-0.25, -0.2) is 4.79 Å². The normalized spacial score (nSPS) is 11.7. The fourth-order valence-corrected chi connectivity index (χ4v) is 2.72. The fraction of sp³-hybridized carbons (Fsp3) is 0.364. The summed E-state index contributed by atoms with van der Waals surface area (Å²) in [6.45, 7) is 5.99. The molecule has 0 aliphatic rings. The molecule has 25 heavy (non-hydrogen) atoms. The van der Waals surface area contributed by atoms with E-state index in [0.717, 1.165) is 29.2 Å². The van der Waals surface area contributed by atoms with Gasteiger partial charge in [-0.15, -0.1) is 5.73 Å². The third-order valence-corrected chi connectivity index (χ3v) is 4.15. The summed E-state index contributed by atoms with van der Waals surface area (Å²) in [5, 5.41) is 12.9. The van der Waals surface area contributed by atoms with E-state index >= 15 is 0 Å². The summed E-state index contributed by atoms with van der Waals surface area (Å²) in [7, 11) is 0. The molecule has 2 rings (SSSR count). The second kappa shape index (κ2) is 9.22. The lowest BCUT2D eigenvalue weighted by molar-refractivity contribution is -0.138. The van der Waals surface area contributed by atoms with Crippen molar-refractivity contribution in [2.75, 3.05) is 6.61 Å². The number of carbonyl (C=O) groups is 1. The molecule has 0 spiro atoms. The first-order chi connectivity index (χ1) is 12.1. The zero-order valence-corrected chi connectivity index (χ0v) is 15.2. The Kier molecular flexibility index (Phi) is 7.00. The molecule has 0 aliphatic carbocycles. The summed E-state index contributed by atoms with van der Waals surface area (Å²) < 4.78 is 5.11. The molecule has 3 nitrogen and oxygen atoms in total. The Morgan fingerprint density at radius 3 is 2.56 bits per heavy atom. The van der Waals surface area contributed by atoms with Crippen molar-refractivity contribution in [3.05, 3.63) is 64.9 Å². The summed E-state index contributed by atoms with van der Waals surface area (Å²) in [6.07, 6.45) is 1.68. The van der Waals surface area contributed by atoms with Crippen LogP contribution in [0.1, 0.15) is 51.7 Å². The van der Waals surface area contributed by atoms with Crippen molar-refractivity contribution in [3.8, 4) is 0 Å². The van der Waals surface area contributed by atoms with E-state index in [9.17, 15) is 9.90 Å². The molecule has 3 heteroatoms. The van der Waals surface area contributed by atoms with Gasteiger partial charge in [-0.05, 0) is 49.1 Å². The van der Waals surface area contributed by atoms with Gasteiger partial charge in [-0.2, -0.15) is 0 Å². The predicted molar refractivity (Wildman–Crippen MR) is 101 cm³/mol. The molecule has 2 aromatic carbocycles. The van der Waals surface area contributed by atoms with Crippen molar-refractivity contribution in [2.45, 2.75) is 46.1 Å². The van der Waals surface area contributed by atoms with Crippen LogP contribution < -0.4 is 0 Å². The van der Waals surface area contributed by atoms with Crippen LogP contribution in [0.2, 0.25) is 0 Å². The smallest absolute Gasteiger partial charge is 0.341 e. The second-order valence-electron chi connectivity index (χ2n) is 6.12. The Hall–Kier alpha value is -2.35. The van der Waals surface area contributed by atoms with E-state index in [2.05, 4.69) is 12.7 Å². The van der Waals surface area contributed by atoms with Crippen LogP contribution in [0.3, 0.4) is 0 Å². The van der Waals surface area contributed by atoms with Crippen LogP contribution in [0.15, 0.2) is 59.3 Å². The number of rotatable bonds is 7. The molecular weight excluding hydrogens is 312 g/mol. The highest BCUT2D eigenvalue weighted by atomic mass is 16.5. The van der Waals surface area contributed by atoms with Crippen molar-refractivity contribution in [1.29, 1.82) is 0 Å². The number of hydrogen-bond acceptors (Lipinski definition) is 3. The van der Waals surface area contributed by atoms with Crippen LogP contribution in [0.4, 0.5) is 0 Å². The van der Waals surface area contributed by atoms with Crippen LogP contribution in [0.25, 0.3) is 10.8 Å². The average molecular weight is 338 g/mol. The topological polar surface area (TPSA) is 46.5 Å². The first-order valence-corrected chi connectivity index (χ1v) is 8.87. The first kappa shape index (κ1) is 19.0. The highest BCUT2D eigenvalue weighted by Crippen LogP contribution is 2.25. The lowest BCUT2D eigenvalue weighted by Gasteiger charge is -2.12. The largest absolute Gasteiger partial charge is 0.462 e. The number of ether oxygens (including phenoxy) is 1. The predicted octanol–water partition coefficient (Wildman–Crippen LogP) is 5.10. The van der Waals surface area contributed by atoms with E-state index in [1.165, 1.54) is 0 Å².